The molecule has 0 unspecified atom stereocenters. The molecule has 31 heavy (non-hydrogen) atoms. The molecular weight excluding hydrogens is 422 g/mol. The minimum Gasteiger partial charge on any atom is -0.494 e. The zero-order chi connectivity index (χ0) is 22.1. The summed E-state index contributed by atoms with van der Waals surface area (Å²) in [5, 5.41) is 12.2. The average Bonchev–Trinajstić information content (AvgIpc) is 3.25. The predicted molar refractivity (Wildman–Crippen MR) is 114 cm³/mol. The van der Waals surface area contributed by atoms with Crippen molar-refractivity contribution in [3.63, 3.8) is 0 Å². The normalized spacial score (nSPS) is 19.7. The quantitative estimate of drug-likeness (QED) is 0.694. The number of imide groups is 1. The van der Waals surface area contributed by atoms with Crippen LogP contribution >= 0.6 is 11.6 Å². The van der Waals surface area contributed by atoms with Crippen molar-refractivity contribution in [2.24, 2.45) is 10.3 Å². The van der Waals surface area contributed by atoms with Gasteiger partial charge in [0.15, 0.2) is 12.1 Å². The van der Waals surface area contributed by atoms with E-state index in [2.05, 4.69) is 15.7 Å². The Morgan fingerprint density at radius 3 is 2.58 bits per heavy atom. The second kappa shape index (κ2) is 8.35. The SMILES string of the molecule is CCOc1ccc(NC(=O)CN2N=N[C@H]3C(=O)N(c4ccc(C)c(Cl)c4)C(=O)[C@H]32)cc1. The van der Waals surface area contributed by atoms with Crippen LogP contribution < -0.4 is 15.0 Å². The molecule has 1 saturated heterocycles. The lowest BCUT2D eigenvalue weighted by atomic mass is 10.1. The molecule has 0 aromatic heterocycles. The van der Waals surface area contributed by atoms with E-state index >= 15 is 0 Å². The third kappa shape index (κ3) is 3.96. The summed E-state index contributed by atoms with van der Waals surface area (Å²) < 4.78 is 5.37. The summed E-state index contributed by atoms with van der Waals surface area (Å²) in [7, 11) is 0. The van der Waals surface area contributed by atoms with Crippen LogP contribution in [-0.4, -0.2) is 48.0 Å². The molecule has 2 heterocycles. The van der Waals surface area contributed by atoms with Gasteiger partial charge in [0.05, 0.1) is 12.3 Å². The van der Waals surface area contributed by atoms with E-state index in [4.69, 9.17) is 16.3 Å². The summed E-state index contributed by atoms with van der Waals surface area (Å²) in [5.74, 6) is -0.675. The van der Waals surface area contributed by atoms with E-state index in [0.717, 1.165) is 10.5 Å². The molecule has 160 valence electrons. The van der Waals surface area contributed by atoms with E-state index in [9.17, 15) is 14.4 Å². The third-order valence-electron chi connectivity index (χ3n) is 5.03. The minimum atomic E-state index is -0.981. The molecule has 2 aromatic rings. The van der Waals surface area contributed by atoms with E-state index in [1.807, 2.05) is 13.8 Å². The monoisotopic (exact) mass is 441 g/mol. The Bertz CT molecular complexity index is 1070. The van der Waals surface area contributed by atoms with Gasteiger partial charge >= 0.3 is 0 Å². The fourth-order valence-electron chi connectivity index (χ4n) is 3.48. The van der Waals surface area contributed by atoms with Gasteiger partial charge in [-0.2, -0.15) is 5.11 Å². The summed E-state index contributed by atoms with van der Waals surface area (Å²) in [6, 6.07) is 9.92. The first kappa shape index (κ1) is 20.8. The number of nitrogens with one attached hydrogen (secondary N) is 1. The number of fused-ring (bicyclic) bond motifs is 1. The minimum absolute atomic E-state index is 0.223. The summed E-state index contributed by atoms with van der Waals surface area (Å²) in [6.07, 6.45) is 0. The molecule has 1 fully saturated rings. The standard InChI is InChI=1S/C21H20ClN5O4/c1-3-31-15-8-5-13(6-9-15)23-17(28)11-26-19-18(24-25-26)20(29)27(21(19)30)14-7-4-12(2)16(22)10-14/h4-10,18-19H,3,11H2,1-2H3,(H,23,28)/t18-,19+/m1/s1. The van der Waals surface area contributed by atoms with Crippen LogP contribution in [0, 0.1) is 6.92 Å². The number of hydrogen-bond donors (Lipinski definition) is 1. The number of nitrogens with zero attached hydrogens (tertiary/aromatic N) is 4. The highest BCUT2D eigenvalue weighted by Crippen LogP contribution is 2.33. The Kier molecular flexibility index (Phi) is 5.60. The molecule has 0 saturated carbocycles. The second-order valence-corrected chi connectivity index (χ2v) is 7.55. The van der Waals surface area contributed by atoms with Gasteiger partial charge in [-0.3, -0.25) is 19.4 Å². The molecule has 3 amide bonds. The number of anilines is 2. The molecule has 0 spiro atoms. The topological polar surface area (TPSA) is 104 Å². The molecule has 0 aliphatic carbocycles. The number of carbonyl (C=O) groups is 3. The molecule has 9 nitrogen and oxygen atoms in total. The number of benzene rings is 2. The van der Waals surface area contributed by atoms with E-state index in [1.54, 1.807) is 42.5 Å². The molecular formula is C21H20ClN5O4. The zero-order valence-electron chi connectivity index (χ0n) is 16.9. The van der Waals surface area contributed by atoms with Crippen LogP contribution in [0.2, 0.25) is 5.02 Å². The number of amides is 3. The van der Waals surface area contributed by atoms with E-state index < -0.39 is 23.9 Å². The van der Waals surface area contributed by atoms with Crippen molar-refractivity contribution < 1.29 is 19.1 Å². The van der Waals surface area contributed by atoms with Crippen molar-refractivity contribution in [2.45, 2.75) is 25.9 Å². The maximum Gasteiger partial charge on any atom is 0.263 e. The van der Waals surface area contributed by atoms with Gasteiger partial charge in [0.1, 0.15) is 12.3 Å². The van der Waals surface area contributed by atoms with Gasteiger partial charge in [0.2, 0.25) is 5.91 Å². The van der Waals surface area contributed by atoms with Crippen molar-refractivity contribution in [3.05, 3.63) is 53.1 Å². The molecule has 2 aliphatic rings. The van der Waals surface area contributed by atoms with Crippen molar-refractivity contribution in [2.75, 3.05) is 23.4 Å². The van der Waals surface area contributed by atoms with Crippen LogP contribution in [0.4, 0.5) is 11.4 Å². The van der Waals surface area contributed by atoms with Crippen LogP contribution in [0.1, 0.15) is 12.5 Å². The molecule has 0 bridgehead atoms. The van der Waals surface area contributed by atoms with Crippen LogP contribution in [0.25, 0.3) is 0 Å². The van der Waals surface area contributed by atoms with Crippen molar-refractivity contribution in [1.29, 1.82) is 0 Å². The maximum atomic E-state index is 13.0. The Hall–Kier alpha value is -3.46. The number of aryl methyl sites for hydroxylation is 1. The number of halogens is 1. The van der Waals surface area contributed by atoms with Crippen LogP contribution in [0.3, 0.4) is 0 Å². The summed E-state index contributed by atoms with van der Waals surface area (Å²) in [6.45, 7) is 4.04. The van der Waals surface area contributed by atoms with Crippen LogP contribution in [-0.2, 0) is 14.4 Å². The predicted octanol–water partition coefficient (Wildman–Crippen LogP) is 2.98. The molecule has 2 atom stereocenters. The highest BCUT2D eigenvalue weighted by molar-refractivity contribution is 6.32. The lowest BCUT2D eigenvalue weighted by Crippen LogP contribution is -2.43. The molecule has 2 aromatic carbocycles. The number of ether oxygens (including phenoxy) is 1. The smallest absolute Gasteiger partial charge is 0.263 e. The average molecular weight is 442 g/mol. The summed E-state index contributed by atoms with van der Waals surface area (Å²) in [4.78, 5) is 39.3. The largest absolute Gasteiger partial charge is 0.494 e. The Labute approximate surface area is 183 Å². The van der Waals surface area contributed by atoms with Gasteiger partial charge in [0, 0.05) is 10.7 Å². The van der Waals surface area contributed by atoms with E-state index in [1.165, 1.54) is 5.01 Å². The van der Waals surface area contributed by atoms with Crippen molar-refractivity contribution in [3.8, 4) is 5.75 Å². The molecule has 1 N–H and O–H groups in total. The molecule has 0 radical (unpaired) electrons. The molecule has 2 aliphatic heterocycles. The van der Waals surface area contributed by atoms with Gasteiger partial charge < -0.3 is 10.1 Å². The Balaban J connectivity index is 1.45. The van der Waals surface area contributed by atoms with Gasteiger partial charge in [-0.25, -0.2) is 4.90 Å². The summed E-state index contributed by atoms with van der Waals surface area (Å²) >= 11 is 6.15. The van der Waals surface area contributed by atoms with Gasteiger partial charge in [-0.15, -0.1) is 0 Å². The third-order valence-corrected chi connectivity index (χ3v) is 5.43. The van der Waals surface area contributed by atoms with Crippen LogP contribution in [0.5, 0.6) is 5.75 Å². The molecule has 4 rings (SSSR count). The Morgan fingerprint density at radius 2 is 1.90 bits per heavy atom. The van der Waals surface area contributed by atoms with Gasteiger partial charge in [-0.05, 0) is 55.8 Å². The van der Waals surface area contributed by atoms with E-state index in [-0.39, 0.29) is 12.5 Å². The lowest BCUT2D eigenvalue weighted by Gasteiger charge is -2.20. The van der Waals surface area contributed by atoms with Crippen molar-refractivity contribution in [1.82, 2.24) is 5.01 Å². The zero-order valence-corrected chi connectivity index (χ0v) is 17.7. The highest BCUT2D eigenvalue weighted by atomic mass is 35.5. The first-order chi connectivity index (χ1) is 14.9. The van der Waals surface area contributed by atoms with Crippen LogP contribution in [0.15, 0.2) is 52.8 Å². The first-order valence-electron chi connectivity index (χ1n) is 9.73. The number of rotatable bonds is 6. The lowest BCUT2D eigenvalue weighted by molar-refractivity contribution is -0.123. The first-order valence-corrected chi connectivity index (χ1v) is 10.1. The number of hydrogen-bond acceptors (Lipinski definition) is 7. The fraction of sp³-hybridized carbons (Fsp3) is 0.286. The summed E-state index contributed by atoms with van der Waals surface area (Å²) in [5.41, 5.74) is 1.77. The Morgan fingerprint density at radius 1 is 1.16 bits per heavy atom. The van der Waals surface area contributed by atoms with Gasteiger partial charge in [0.25, 0.3) is 11.8 Å². The molecule has 10 heteroatoms. The van der Waals surface area contributed by atoms with Gasteiger partial charge in [-0.1, -0.05) is 22.9 Å². The number of carbonyl (C=O) groups excluding carboxylic acids is 3. The maximum absolute atomic E-state index is 13.0. The van der Waals surface area contributed by atoms with Crippen molar-refractivity contribution >= 4 is 40.7 Å². The highest BCUT2D eigenvalue weighted by Gasteiger charge is 2.55. The van der Waals surface area contributed by atoms with E-state index in [0.29, 0.717) is 28.8 Å². The fourth-order valence-corrected chi connectivity index (χ4v) is 3.65. The second-order valence-electron chi connectivity index (χ2n) is 7.14.